The summed E-state index contributed by atoms with van der Waals surface area (Å²) in [5.74, 6) is -2.39. The topological polar surface area (TPSA) is 92.8 Å². The molecule has 0 aromatic heterocycles. The van der Waals surface area contributed by atoms with Gasteiger partial charge in [0.2, 0.25) is 0 Å². The normalized spacial score (nSPS) is 13.9. The van der Waals surface area contributed by atoms with Gasteiger partial charge in [0.1, 0.15) is 6.04 Å². The number of rotatable bonds is 6. The average molecular weight is 366 g/mol. The number of ether oxygens (including phenoxy) is 1. The molecule has 0 saturated heterocycles. The van der Waals surface area contributed by atoms with Gasteiger partial charge < -0.3 is 10.1 Å². The van der Waals surface area contributed by atoms with Gasteiger partial charge in [-0.05, 0) is 17.7 Å². The maximum Gasteiger partial charge on any atom is 0.330 e. The van der Waals surface area contributed by atoms with Gasteiger partial charge in [0, 0.05) is 13.5 Å². The van der Waals surface area contributed by atoms with Crippen molar-refractivity contribution in [3.63, 3.8) is 0 Å². The van der Waals surface area contributed by atoms with Crippen molar-refractivity contribution in [2.45, 2.75) is 12.5 Å². The highest BCUT2D eigenvalue weighted by atomic mass is 16.5. The van der Waals surface area contributed by atoms with E-state index < -0.39 is 36.3 Å². The molecular weight excluding hydrogens is 348 g/mol. The summed E-state index contributed by atoms with van der Waals surface area (Å²) in [5, 5.41) is 2.35. The molecule has 0 saturated carbocycles. The standard InChI is InChI=1S/C20H18N2O5/c1-21-17(23)12-27-20(26)16(11-13-7-3-2-4-8-13)22-18(24)14-9-5-6-10-15(14)19(22)25/h2-10,16H,11-12H2,1H3,(H,21,23)/t16-/m0/s1. The average Bonchev–Trinajstić information content (AvgIpc) is 2.95. The van der Waals surface area contributed by atoms with Crippen molar-refractivity contribution in [1.82, 2.24) is 10.2 Å². The first-order valence-electron chi connectivity index (χ1n) is 8.41. The van der Waals surface area contributed by atoms with Crippen molar-refractivity contribution in [2.24, 2.45) is 0 Å². The number of nitrogens with one attached hydrogen (secondary N) is 1. The fourth-order valence-corrected chi connectivity index (χ4v) is 2.91. The molecule has 1 heterocycles. The summed E-state index contributed by atoms with van der Waals surface area (Å²) in [6.45, 7) is -0.482. The van der Waals surface area contributed by atoms with Crippen LogP contribution in [0.4, 0.5) is 0 Å². The van der Waals surface area contributed by atoms with Crippen molar-refractivity contribution < 1.29 is 23.9 Å². The van der Waals surface area contributed by atoms with E-state index in [0.717, 1.165) is 10.5 Å². The zero-order valence-electron chi connectivity index (χ0n) is 14.7. The zero-order chi connectivity index (χ0) is 19.4. The van der Waals surface area contributed by atoms with E-state index in [-0.39, 0.29) is 17.5 Å². The monoisotopic (exact) mass is 366 g/mol. The lowest BCUT2D eigenvalue weighted by molar-refractivity contribution is -0.152. The Hall–Kier alpha value is -3.48. The van der Waals surface area contributed by atoms with Crippen LogP contribution in [-0.2, 0) is 20.7 Å². The van der Waals surface area contributed by atoms with Gasteiger partial charge in [0.05, 0.1) is 11.1 Å². The molecule has 1 N–H and O–H groups in total. The molecule has 1 aliphatic rings. The van der Waals surface area contributed by atoms with Crippen LogP contribution in [0.1, 0.15) is 26.3 Å². The second-order valence-corrected chi connectivity index (χ2v) is 6.01. The van der Waals surface area contributed by atoms with Crippen LogP contribution in [0.15, 0.2) is 54.6 Å². The highest BCUT2D eigenvalue weighted by Crippen LogP contribution is 2.26. The molecule has 0 unspecified atom stereocenters. The predicted octanol–water partition coefficient (Wildman–Crippen LogP) is 1.18. The number of hydrogen-bond donors (Lipinski definition) is 1. The molecule has 7 heteroatoms. The molecule has 2 aromatic carbocycles. The van der Waals surface area contributed by atoms with Crippen molar-refractivity contribution in [3.8, 4) is 0 Å². The minimum Gasteiger partial charge on any atom is -0.454 e. The fraction of sp³-hybridized carbons (Fsp3) is 0.200. The van der Waals surface area contributed by atoms with E-state index in [9.17, 15) is 19.2 Å². The zero-order valence-corrected chi connectivity index (χ0v) is 14.7. The Bertz CT molecular complexity index is 859. The van der Waals surface area contributed by atoms with Crippen LogP contribution < -0.4 is 5.32 Å². The highest BCUT2D eigenvalue weighted by Gasteiger charge is 2.43. The smallest absolute Gasteiger partial charge is 0.330 e. The van der Waals surface area contributed by atoms with E-state index >= 15 is 0 Å². The summed E-state index contributed by atoms with van der Waals surface area (Å²) < 4.78 is 5.04. The molecule has 1 aliphatic heterocycles. The minimum atomic E-state index is -1.16. The van der Waals surface area contributed by atoms with E-state index in [4.69, 9.17) is 4.74 Å². The van der Waals surface area contributed by atoms with Crippen LogP contribution in [0.5, 0.6) is 0 Å². The van der Waals surface area contributed by atoms with Gasteiger partial charge >= 0.3 is 5.97 Å². The van der Waals surface area contributed by atoms with Crippen LogP contribution in [0.25, 0.3) is 0 Å². The summed E-state index contributed by atoms with van der Waals surface area (Å²) in [6, 6.07) is 14.2. The molecule has 3 amide bonds. The second-order valence-electron chi connectivity index (χ2n) is 6.01. The Labute approximate surface area is 155 Å². The SMILES string of the molecule is CNC(=O)COC(=O)[C@H](Cc1ccccc1)N1C(=O)c2ccccc2C1=O. The van der Waals surface area contributed by atoms with Crippen molar-refractivity contribution in [1.29, 1.82) is 0 Å². The summed E-state index contributed by atoms with van der Waals surface area (Å²) in [4.78, 5) is 50.5. The first-order valence-corrected chi connectivity index (χ1v) is 8.41. The van der Waals surface area contributed by atoms with Crippen molar-refractivity contribution >= 4 is 23.7 Å². The van der Waals surface area contributed by atoms with Gasteiger partial charge in [-0.25, -0.2) is 4.79 Å². The molecule has 27 heavy (non-hydrogen) atoms. The van der Waals surface area contributed by atoms with E-state index in [1.807, 2.05) is 6.07 Å². The van der Waals surface area contributed by atoms with Gasteiger partial charge in [-0.15, -0.1) is 0 Å². The Morgan fingerprint density at radius 3 is 2.07 bits per heavy atom. The molecular formula is C20H18N2O5. The van der Waals surface area contributed by atoms with E-state index in [1.54, 1.807) is 48.5 Å². The van der Waals surface area contributed by atoms with Gasteiger partial charge in [-0.2, -0.15) is 0 Å². The number of hydrogen-bond acceptors (Lipinski definition) is 5. The number of esters is 1. The molecule has 0 fully saturated rings. The van der Waals surface area contributed by atoms with Crippen LogP contribution in [0.3, 0.4) is 0 Å². The number of imide groups is 1. The lowest BCUT2D eigenvalue weighted by Gasteiger charge is -2.24. The first kappa shape index (κ1) is 18.3. The first-order chi connectivity index (χ1) is 13.0. The van der Waals surface area contributed by atoms with E-state index in [2.05, 4.69) is 5.32 Å². The minimum absolute atomic E-state index is 0.0961. The summed E-state index contributed by atoms with van der Waals surface area (Å²) in [6.07, 6.45) is 0.0961. The number of likely N-dealkylation sites (N-methyl/N-ethyl adjacent to an activating group) is 1. The van der Waals surface area contributed by atoms with Gasteiger partial charge in [-0.1, -0.05) is 42.5 Å². The molecule has 2 aromatic rings. The Morgan fingerprint density at radius 1 is 0.963 bits per heavy atom. The number of carbonyl (C=O) groups excluding carboxylic acids is 4. The molecule has 1 atom stereocenters. The van der Waals surface area contributed by atoms with Gasteiger partial charge in [0.15, 0.2) is 6.61 Å². The number of benzene rings is 2. The maximum absolute atomic E-state index is 12.8. The molecule has 0 spiro atoms. The summed E-state index contributed by atoms with van der Waals surface area (Å²) in [5.41, 5.74) is 1.26. The van der Waals surface area contributed by atoms with Crippen molar-refractivity contribution in [3.05, 3.63) is 71.3 Å². The number of fused-ring (bicyclic) bond motifs is 1. The third kappa shape index (κ3) is 3.72. The van der Waals surface area contributed by atoms with Crippen LogP contribution in [0, 0.1) is 0 Å². The Balaban J connectivity index is 1.90. The molecule has 0 bridgehead atoms. The largest absolute Gasteiger partial charge is 0.454 e. The van der Waals surface area contributed by atoms with Crippen LogP contribution in [-0.4, -0.2) is 48.3 Å². The maximum atomic E-state index is 12.8. The molecule has 3 rings (SSSR count). The predicted molar refractivity (Wildman–Crippen MR) is 95.9 cm³/mol. The van der Waals surface area contributed by atoms with Gasteiger partial charge in [-0.3, -0.25) is 19.3 Å². The Morgan fingerprint density at radius 2 is 1.52 bits per heavy atom. The van der Waals surface area contributed by atoms with Crippen LogP contribution >= 0.6 is 0 Å². The van der Waals surface area contributed by atoms with E-state index in [0.29, 0.717) is 0 Å². The summed E-state index contributed by atoms with van der Waals surface area (Å²) in [7, 11) is 1.42. The molecule has 0 radical (unpaired) electrons. The van der Waals surface area contributed by atoms with E-state index in [1.165, 1.54) is 7.05 Å². The lowest BCUT2D eigenvalue weighted by atomic mass is 10.0. The van der Waals surface area contributed by atoms with Gasteiger partial charge in [0.25, 0.3) is 17.7 Å². The van der Waals surface area contributed by atoms with Crippen LogP contribution in [0.2, 0.25) is 0 Å². The highest BCUT2D eigenvalue weighted by molar-refractivity contribution is 6.22. The third-order valence-electron chi connectivity index (χ3n) is 4.31. The third-order valence-corrected chi connectivity index (χ3v) is 4.31. The second kappa shape index (κ2) is 7.82. The molecule has 138 valence electrons. The molecule has 7 nitrogen and oxygen atoms in total. The lowest BCUT2D eigenvalue weighted by Crippen LogP contribution is -2.47. The number of amides is 3. The van der Waals surface area contributed by atoms with Crippen molar-refractivity contribution in [2.75, 3.05) is 13.7 Å². The number of nitrogens with zero attached hydrogens (tertiary/aromatic N) is 1. The number of carbonyl (C=O) groups is 4. The fourth-order valence-electron chi connectivity index (χ4n) is 2.91. The summed E-state index contributed by atoms with van der Waals surface area (Å²) >= 11 is 0. The molecule has 0 aliphatic carbocycles. The Kier molecular flexibility index (Phi) is 5.30. The quantitative estimate of drug-likeness (QED) is 0.612.